The molecule has 0 aromatic heterocycles. The van der Waals surface area contributed by atoms with Gasteiger partial charge in [-0.15, -0.1) is 11.6 Å². The third kappa shape index (κ3) is 17.0. The first kappa shape index (κ1) is 76.2. The zero-order valence-electron chi connectivity index (χ0n) is 56.2. The molecule has 5 aromatic rings. The van der Waals surface area contributed by atoms with Crippen LogP contribution in [0.15, 0.2) is 72.8 Å². The number of hydrogen-bond donors (Lipinski definition) is 15. The standard InChI is InChI=1S/C69H77Cl2N6O23.Y/c1-26(2)13-41(73-6)67(93)76-56-44(83)18-34(21-51(72)85)65(91)75-55-33-19-48(96-46-11-8-31(59(56)87)16-39(46)70)63(100-69-64(62(90)61(89)50(25-78)98-69)99-52-14-27(3)58(86)29(5)95-52)49(20-33)97-47-12-9-32(17-40(47)71)60(88)57-68(94)74-54(28(4)79)38-22-35(80)23-43(82)53(38)37-15-30(7-10-42(37)81)36(24-45(55)84)66(92)77-57;/h7-12,15-17,19-20,22,26-27,29,34,36,41,50,52,54-62,64,69,73,78,80-82,86-90H,13-14,18,21,24-25H2,1-6H3,(H2,72,85)(H,74,94)(H,75,91)(H,76,93)(H,77,92);/q-1;/i27T;. The van der Waals surface area contributed by atoms with Crippen LogP contribution in [-0.4, -0.2) is 174 Å². The van der Waals surface area contributed by atoms with Gasteiger partial charge in [0.15, 0.2) is 41.2 Å². The van der Waals surface area contributed by atoms with Crippen molar-refractivity contribution in [2.45, 2.75) is 164 Å². The number of aliphatic hydroxyl groups excluding tert-OH is 6. The van der Waals surface area contributed by atoms with Gasteiger partial charge in [-0.1, -0.05) is 79.9 Å². The number of primary amides is 1. The summed E-state index contributed by atoms with van der Waals surface area (Å²) in [4.78, 5) is 118. The van der Waals surface area contributed by atoms with E-state index >= 15 is 14.4 Å². The fourth-order valence-corrected chi connectivity index (χ4v) is 13.3. The molecule has 7 aliphatic heterocycles. The van der Waals surface area contributed by atoms with Gasteiger partial charge in [0.2, 0.25) is 41.6 Å². The molecule has 12 rings (SSSR count). The monoisotopic (exact) mass is 1520 g/mol. The summed E-state index contributed by atoms with van der Waals surface area (Å²) in [6, 6.07) is 7.02. The largest absolute Gasteiger partial charge is 0.534 e. The summed E-state index contributed by atoms with van der Waals surface area (Å²) in [6.45, 7) is 6.63. The van der Waals surface area contributed by atoms with Crippen molar-refractivity contribution in [2.24, 2.45) is 23.5 Å². The molecule has 5 amide bonds. The van der Waals surface area contributed by atoms with Gasteiger partial charge in [0, 0.05) is 71.3 Å². The predicted molar refractivity (Wildman–Crippen MR) is 350 cm³/mol. The Hall–Kier alpha value is -7.46. The number of benzene rings is 5. The van der Waals surface area contributed by atoms with Crippen LogP contribution in [-0.2, 0) is 85.3 Å². The second-order valence-corrected chi connectivity index (χ2v) is 26.6. The number of aliphatic hydroxyl groups is 6. The number of ketones is 3. The third-order valence-electron chi connectivity index (χ3n) is 18.2. The minimum absolute atomic E-state index is 0. The number of likely N-dealkylation sites (N-methyl/N-ethyl adjacent to an activating group) is 1. The van der Waals surface area contributed by atoms with Gasteiger partial charge in [-0.05, 0) is 109 Å². The van der Waals surface area contributed by atoms with Crippen molar-refractivity contribution in [3.63, 3.8) is 0 Å². The summed E-state index contributed by atoms with van der Waals surface area (Å²) in [5, 5.41) is 116. The summed E-state index contributed by atoms with van der Waals surface area (Å²) in [5.41, 5.74) is 3.86. The topological polar surface area (TPSA) is 460 Å². The molecule has 7 aliphatic rings. The molecule has 101 heavy (non-hydrogen) atoms. The minimum atomic E-state index is -2.18. The molecule has 1 radical (unpaired) electrons. The zero-order valence-corrected chi connectivity index (χ0v) is 59.6. The molecule has 18 unspecified atom stereocenters. The van der Waals surface area contributed by atoms with Crippen molar-refractivity contribution in [2.75, 3.05) is 13.7 Å². The number of carbonyl (C=O) groups excluding carboxylic acids is 8. The average molecular weight is 1520 g/mol. The second-order valence-electron chi connectivity index (χ2n) is 25.8. The van der Waals surface area contributed by atoms with Crippen molar-refractivity contribution in [1.82, 2.24) is 26.6 Å². The van der Waals surface area contributed by atoms with Gasteiger partial charge < -0.3 is 107 Å². The summed E-state index contributed by atoms with van der Waals surface area (Å²) < 4.78 is 47.3. The Morgan fingerprint density at radius 3 is 1.98 bits per heavy atom. The number of carbonyl (C=O) groups is 8. The molecule has 2 saturated heterocycles. The maximum Gasteiger partial charge on any atom is 0.246 e. The van der Waals surface area contributed by atoms with Gasteiger partial charge in [-0.3, -0.25) is 38.4 Å². The Morgan fingerprint density at radius 2 is 1.40 bits per heavy atom. The summed E-state index contributed by atoms with van der Waals surface area (Å²) >= 11 is 14.2. The molecule has 0 saturated carbocycles. The number of fused-ring (bicyclic) bond motifs is 15. The van der Waals surface area contributed by atoms with E-state index in [0.29, 0.717) is 0 Å². The van der Waals surface area contributed by atoms with Crippen LogP contribution in [0.1, 0.15) is 126 Å². The van der Waals surface area contributed by atoms with Crippen LogP contribution in [0.3, 0.4) is 0 Å². The number of rotatable bonds is 13. The number of ether oxygens (including phenoxy) is 6. The van der Waals surface area contributed by atoms with Crippen molar-refractivity contribution < 1.29 is 147 Å². The minimum Gasteiger partial charge on any atom is -0.534 e. The smallest absolute Gasteiger partial charge is 0.246 e. The Balaban J connectivity index is 0.0000121. The van der Waals surface area contributed by atoms with Gasteiger partial charge >= 0.3 is 0 Å². The molecule has 0 spiro atoms. The van der Waals surface area contributed by atoms with Crippen LogP contribution in [0.2, 0.25) is 10.0 Å². The number of nitrogens with two attached hydrogens (primary N) is 1. The van der Waals surface area contributed by atoms with E-state index in [4.69, 9.17) is 58.7 Å². The number of amides is 5. The molecule has 32 heteroatoms. The number of phenols is 3. The number of Topliss-reactive ketones (excluding diaryl/α,β-unsaturated/α-hetero) is 3. The first-order valence-corrected chi connectivity index (χ1v) is 32.7. The SMILES string of the molecule is [3H]C1(C)CC(OC2C(Oc3c4cc5cc3Oc3ccc(cc3Cl)C(O)C3NC(=O)C(CC(=O)C5NC(=O)C(CC(N)=O)CC(=O)C(NC(=O)C(CC(C)C)NC)C(O)c5ccc(c(Cl)c5)O4)c4ccc(O)c(c4)-c4c(O)[c-]c(O)cc4C(C(C)=O)NC3=O)OC(CO)C(O)C2O)OC(C)C1O.[Y]. The van der Waals surface area contributed by atoms with E-state index < -0.39 is 222 Å². The van der Waals surface area contributed by atoms with Gasteiger partial charge in [0.1, 0.15) is 65.9 Å². The van der Waals surface area contributed by atoms with E-state index in [0.717, 1.165) is 43.3 Å². The summed E-state index contributed by atoms with van der Waals surface area (Å²) in [7, 11) is 1.50. The molecular weight excluding hydrogens is 1440 g/mol. The van der Waals surface area contributed by atoms with Crippen molar-refractivity contribution in [1.29, 1.82) is 0 Å². The molecule has 16 N–H and O–H groups in total. The zero-order chi connectivity index (χ0) is 73.5. The number of hydrogen-bond acceptors (Lipinski definition) is 24. The van der Waals surface area contributed by atoms with Crippen molar-refractivity contribution in [3.05, 3.63) is 117 Å². The number of aromatic hydroxyl groups is 3. The summed E-state index contributed by atoms with van der Waals surface area (Å²) in [6.07, 6.45) is -20.5. The Kier molecular flexibility index (Phi) is 24.5. The van der Waals surface area contributed by atoms with E-state index in [1.54, 1.807) is 0 Å². The van der Waals surface area contributed by atoms with E-state index in [9.17, 15) is 69.9 Å². The van der Waals surface area contributed by atoms with E-state index in [1.165, 1.54) is 57.3 Å². The molecule has 7 heterocycles. The molecule has 18 atom stereocenters. The third-order valence-corrected chi connectivity index (χ3v) is 18.8. The van der Waals surface area contributed by atoms with Crippen molar-refractivity contribution >= 4 is 70.1 Å². The van der Waals surface area contributed by atoms with Crippen molar-refractivity contribution in [3.8, 4) is 57.1 Å². The van der Waals surface area contributed by atoms with E-state index in [2.05, 4.69) is 32.7 Å². The van der Waals surface area contributed by atoms with Gasteiger partial charge in [-0.2, -0.15) is 0 Å². The molecule has 5 aromatic carbocycles. The predicted octanol–water partition coefficient (Wildman–Crippen LogP) is 3.30. The maximum atomic E-state index is 16.2. The van der Waals surface area contributed by atoms with Crippen LogP contribution in [0.5, 0.6) is 46.0 Å². The average Bonchev–Trinajstić information content (AvgIpc) is 0.769. The van der Waals surface area contributed by atoms with Gasteiger partial charge in [0.05, 0.1) is 52.8 Å². The molecule has 539 valence electrons. The van der Waals surface area contributed by atoms with Crippen LogP contribution < -0.4 is 46.5 Å². The first-order chi connectivity index (χ1) is 47.7. The fraction of sp³-hybridized carbons (Fsp3) is 0.449. The first-order valence-electron chi connectivity index (χ1n) is 32.5. The molecule has 0 aliphatic carbocycles. The van der Waals surface area contributed by atoms with Crippen LogP contribution >= 0.6 is 23.2 Å². The number of halogens is 2. The Labute approximate surface area is 614 Å². The van der Waals surface area contributed by atoms with Crippen LogP contribution in [0.25, 0.3) is 11.1 Å². The van der Waals surface area contributed by atoms with Crippen LogP contribution in [0, 0.1) is 23.8 Å². The summed E-state index contributed by atoms with van der Waals surface area (Å²) in [5.74, 6) is -18.8. The second kappa shape index (κ2) is 32.5. The Bertz CT molecular complexity index is 4080. The molecule has 2 fully saturated rings. The maximum absolute atomic E-state index is 16.2. The molecule has 11 bridgehead atoms. The number of phenolic OH excluding ortho intramolecular Hbond substituents is 3. The van der Waals surface area contributed by atoms with E-state index in [-0.39, 0.29) is 106 Å². The normalized spacial score (nSPS) is 29.6. The van der Waals surface area contributed by atoms with Gasteiger partial charge in [0.25, 0.3) is 0 Å². The quantitative estimate of drug-likeness (QED) is 0.0752. The van der Waals surface area contributed by atoms with Crippen LogP contribution in [0.4, 0.5) is 0 Å². The number of nitrogens with one attached hydrogen (secondary N) is 5. The molecule has 29 nitrogen and oxygen atoms in total. The Morgan fingerprint density at radius 1 is 0.762 bits per heavy atom. The van der Waals surface area contributed by atoms with Gasteiger partial charge in [-0.25, -0.2) is 0 Å². The molecular formula is C69H77Cl2N6O23Y-. The van der Waals surface area contributed by atoms with E-state index in [1.807, 2.05) is 13.8 Å². The fourth-order valence-electron chi connectivity index (χ4n) is 12.8.